The Balaban J connectivity index is 0.000000357. The van der Waals surface area contributed by atoms with Crippen molar-refractivity contribution in [2.45, 2.75) is 125 Å². The second-order valence-corrected chi connectivity index (χ2v) is 17.6. The molecule has 1 N–H and O–H groups in total. The molecule has 2 aliphatic rings. The van der Waals surface area contributed by atoms with Crippen molar-refractivity contribution in [2.75, 3.05) is 61.0 Å². The van der Waals surface area contributed by atoms with Gasteiger partial charge < -0.3 is 29.5 Å². The van der Waals surface area contributed by atoms with Crippen molar-refractivity contribution in [1.29, 1.82) is 0 Å². The second kappa shape index (κ2) is 29.0. The summed E-state index contributed by atoms with van der Waals surface area (Å²) in [6.07, 6.45) is 11.2. The Morgan fingerprint density at radius 2 is 1.12 bits per heavy atom. The van der Waals surface area contributed by atoms with Crippen molar-refractivity contribution < 1.29 is 28.7 Å². The van der Waals surface area contributed by atoms with Gasteiger partial charge in [-0.3, -0.25) is 23.6 Å². The lowest BCUT2D eigenvalue weighted by molar-refractivity contribution is -0.132. The average molecular weight is 971 g/mol. The van der Waals surface area contributed by atoms with Gasteiger partial charge in [-0.05, 0) is 146 Å². The van der Waals surface area contributed by atoms with Crippen LogP contribution < -0.4 is 14.8 Å². The molecule has 15 nitrogen and oxygen atoms in total. The number of likely N-dealkylation sites (tertiary alicyclic amines) is 1. The van der Waals surface area contributed by atoms with Crippen LogP contribution in [-0.2, 0) is 9.59 Å². The minimum absolute atomic E-state index is 0. The van der Waals surface area contributed by atoms with E-state index in [-0.39, 0.29) is 47.7 Å². The van der Waals surface area contributed by atoms with Crippen LogP contribution in [0.4, 0.5) is 9.59 Å². The first kappa shape index (κ1) is 58.2. The fourth-order valence-corrected chi connectivity index (χ4v) is 8.15. The Morgan fingerprint density at radius 3 is 1.43 bits per heavy atom. The normalized spacial score (nSPS) is 13.8. The summed E-state index contributed by atoms with van der Waals surface area (Å²) in [5, 5.41) is 3.05. The lowest BCUT2D eigenvalue weighted by Gasteiger charge is -2.36. The Kier molecular flexibility index (Phi) is 25.2. The number of amides is 3. The van der Waals surface area contributed by atoms with Gasteiger partial charge in [-0.1, -0.05) is 20.8 Å². The van der Waals surface area contributed by atoms with Crippen molar-refractivity contribution in [3.8, 4) is 34.0 Å². The van der Waals surface area contributed by atoms with Crippen LogP contribution in [0.1, 0.15) is 98.1 Å². The number of rotatable bonds is 11. The number of nitrogens with zero attached hydrogens (tertiary/aromatic N) is 8. The Bertz CT molecular complexity index is 2140. The summed E-state index contributed by atoms with van der Waals surface area (Å²) >= 11 is 4.82. The first-order valence-electron chi connectivity index (χ1n) is 23.3. The quantitative estimate of drug-likeness (QED) is 0.144. The molecule has 0 spiro atoms. The third-order valence-electron chi connectivity index (χ3n) is 12.1. The summed E-state index contributed by atoms with van der Waals surface area (Å²) in [6.45, 7) is 23.2. The molecule has 0 atom stereocenters. The lowest BCUT2D eigenvalue weighted by atomic mass is 10.0. The molecule has 0 aliphatic carbocycles. The number of nitrogens with one attached hydrogen (secondary N) is 1. The molecule has 0 radical (unpaired) electrons. The van der Waals surface area contributed by atoms with E-state index in [1.54, 1.807) is 55.7 Å². The summed E-state index contributed by atoms with van der Waals surface area (Å²) in [5.74, 6) is 1.85. The predicted octanol–water partition coefficient (Wildman–Crippen LogP) is 9.40. The summed E-state index contributed by atoms with van der Waals surface area (Å²) in [5.41, 5.74) is 5.51. The summed E-state index contributed by atoms with van der Waals surface area (Å²) in [4.78, 5) is 63.7. The first-order valence-corrected chi connectivity index (χ1v) is 23.6. The minimum Gasteiger partial charge on any atom is -0.496 e. The van der Waals surface area contributed by atoms with Crippen LogP contribution in [0.5, 0.6) is 11.5 Å². The van der Waals surface area contributed by atoms with Crippen LogP contribution in [0.15, 0.2) is 61.4 Å². The van der Waals surface area contributed by atoms with Crippen LogP contribution in [0.3, 0.4) is 0 Å². The molecular formula is C50H77Cl2N9O6. The molecule has 0 saturated carbocycles. The Labute approximate surface area is 410 Å². The van der Waals surface area contributed by atoms with Crippen molar-refractivity contribution in [1.82, 2.24) is 44.0 Å². The van der Waals surface area contributed by atoms with Gasteiger partial charge >= 0.3 is 12.1 Å². The lowest BCUT2D eigenvalue weighted by Crippen LogP contribution is -2.48. The van der Waals surface area contributed by atoms with Gasteiger partial charge in [0.1, 0.15) is 24.2 Å². The van der Waals surface area contributed by atoms with E-state index < -0.39 is 0 Å². The van der Waals surface area contributed by atoms with E-state index >= 15 is 0 Å². The smallest absolute Gasteiger partial charge is 0.329 e. The first-order chi connectivity index (χ1) is 31.4. The van der Waals surface area contributed by atoms with Crippen LogP contribution in [0.2, 0.25) is 0 Å². The molecule has 2 aromatic carbocycles. The van der Waals surface area contributed by atoms with Crippen LogP contribution in [-0.4, -0.2) is 147 Å². The highest BCUT2D eigenvalue weighted by molar-refractivity contribution is 6.63. The zero-order chi connectivity index (χ0) is 49.1. The van der Waals surface area contributed by atoms with Gasteiger partial charge in [0.15, 0.2) is 0 Å². The molecule has 4 heterocycles. The maximum atomic E-state index is 12.9. The third kappa shape index (κ3) is 17.3. The monoisotopic (exact) mass is 970 g/mol. The summed E-state index contributed by atoms with van der Waals surface area (Å²) in [6, 6.07) is 13.4. The van der Waals surface area contributed by atoms with E-state index in [2.05, 4.69) is 54.8 Å². The average Bonchev–Trinajstić information content (AvgIpc) is 4.03. The fraction of sp³-hybridized carbons (Fsp3) is 0.560. The number of imidazole rings is 2. The molecule has 3 amide bonds. The molecule has 372 valence electrons. The number of ether oxygens (including phenoxy) is 2. The molecule has 6 rings (SSSR count). The van der Waals surface area contributed by atoms with E-state index in [4.69, 9.17) is 21.1 Å². The molecule has 2 aliphatic heterocycles. The van der Waals surface area contributed by atoms with E-state index in [1.807, 2.05) is 81.1 Å². The SMILES string of the molecule is CCC(=O)Cl.CCC(=O)N1CCC(N(C)C(=O)n2cnc(-c3ccc(OC)c(C)c3)c2)CC1.CCN(C(C)C)C(C)C.COc1ccc(-c2cn(C(=O)N(C)C3CCNCC3)cn2)cc1C.Cl. The molecule has 2 fully saturated rings. The van der Waals surface area contributed by atoms with Gasteiger partial charge in [0.2, 0.25) is 11.1 Å². The minimum atomic E-state index is -0.273. The summed E-state index contributed by atoms with van der Waals surface area (Å²) < 4.78 is 13.7. The van der Waals surface area contributed by atoms with Crippen LogP contribution in [0.25, 0.3) is 22.5 Å². The number of methoxy groups -OCH3 is 2. The maximum Gasteiger partial charge on any atom is 0.329 e. The van der Waals surface area contributed by atoms with E-state index in [0.29, 0.717) is 38.0 Å². The number of carbonyl (C=O) groups is 4. The van der Waals surface area contributed by atoms with Gasteiger partial charge in [-0.15, -0.1) is 12.4 Å². The van der Waals surface area contributed by atoms with Gasteiger partial charge in [0.05, 0.1) is 25.6 Å². The van der Waals surface area contributed by atoms with E-state index in [0.717, 1.165) is 90.5 Å². The molecule has 4 aromatic rings. The van der Waals surface area contributed by atoms with Crippen molar-refractivity contribution in [2.24, 2.45) is 0 Å². The zero-order valence-corrected chi connectivity index (χ0v) is 43.7. The number of aromatic nitrogens is 4. The number of halogens is 2. The molecular weight excluding hydrogens is 894 g/mol. The number of piperidine rings is 2. The van der Waals surface area contributed by atoms with E-state index in [1.165, 1.54) is 4.57 Å². The highest BCUT2D eigenvalue weighted by atomic mass is 35.5. The Hall–Kier alpha value is -4.96. The topological polar surface area (TPSA) is 147 Å². The van der Waals surface area contributed by atoms with Crippen molar-refractivity contribution >= 4 is 47.2 Å². The predicted molar refractivity (Wildman–Crippen MR) is 272 cm³/mol. The van der Waals surface area contributed by atoms with Crippen molar-refractivity contribution in [3.63, 3.8) is 0 Å². The standard InChI is InChI=1S/C21H28N4O3.C18H24N4O2.C8H19N.C3H5ClO.ClH/c1-5-20(26)24-10-8-17(9-11-24)23(3)21(27)25-13-18(22-14-25)16-6-7-19(28-4)15(2)12-16;1-13-10-14(4-5-17(13)24-3)16-11-22(12-20-16)18(23)21(2)15-6-8-19-9-7-15;1-6-9(7(2)3)8(4)5;1-2-3(4)5;/h6-7,12-14,17H,5,8-11H2,1-4H3;4-5,10-12,15,19H,6-9H2,1-3H3;7-8H,6H2,1-5H3;2H2,1H3;1H. The molecule has 2 aromatic heterocycles. The van der Waals surface area contributed by atoms with Crippen LogP contribution in [0, 0.1) is 13.8 Å². The maximum absolute atomic E-state index is 12.9. The molecule has 17 heteroatoms. The molecule has 2 saturated heterocycles. The molecule has 0 unspecified atom stereocenters. The highest BCUT2D eigenvalue weighted by Crippen LogP contribution is 2.27. The Morgan fingerprint density at radius 1 is 0.716 bits per heavy atom. The third-order valence-corrected chi connectivity index (χ3v) is 12.4. The van der Waals surface area contributed by atoms with Gasteiger partial charge in [-0.2, -0.15) is 0 Å². The van der Waals surface area contributed by atoms with Crippen LogP contribution >= 0.6 is 24.0 Å². The highest BCUT2D eigenvalue weighted by Gasteiger charge is 2.28. The number of hydrogen-bond donors (Lipinski definition) is 1. The number of hydrogen-bond acceptors (Lipinski definition) is 10. The molecule has 67 heavy (non-hydrogen) atoms. The fourth-order valence-electron chi connectivity index (χ4n) is 8.15. The van der Waals surface area contributed by atoms with Crippen molar-refractivity contribution in [3.05, 3.63) is 72.6 Å². The number of carbonyl (C=O) groups excluding carboxylic acids is 4. The second-order valence-electron chi connectivity index (χ2n) is 17.2. The van der Waals surface area contributed by atoms with Gasteiger partial charge in [0.25, 0.3) is 0 Å². The molecule has 0 bridgehead atoms. The van der Waals surface area contributed by atoms with Gasteiger partial charge in [0, 0.05) is 87.7 Å². The number of aryl methyl sites for hydroxylation is 2. The largest absolute Gasteiger partial charge is 0.496 e. The van der Waals surface area contributed by atoms with E-state index in [9.17, 15) is 19.2 Å². The summed E-state index contributed by atoms with van der Waals surface area (Å²) in [7, 11) is 7.00. The number of benzene rings is 2. The zero-order valence-electron chi connectivity index (χ0n) is 42.2. The van der Waals surface area contributed by atoms with Gasteiger partial charge in [-0.25, -0.2) is 19.6 Å².